The van der Waals surface area contributed by atoms with Crippen LogP contribution in [0.2, 0.25) is 0 Å². The highest BCUT2D eigenvalue weighted by atomic mass is 16.3. The zero-order valence-corrected chi connectivity index (χ0v) is 11.6. The van der Waals surface area contributed by atoms with Gasteiger partial charge in [-0.1, -0.05) is 12.5 Å². The number of allylic oxidation sites excluding steroid dienone is 1. The highest BCUT2D eigenvalue weighted by Gasteiger charge is 2.43. The molecule has 2 aliphatic rings. The lowest BCUT2D eigenvalue weighted by molar-refractivity contribution is -0.00731. The standard InChI is InChI=1S/C15H26O2/c1-10-12-9-11(14(2,3)17)5-7-15(12,4)8-6-13(10)16/h11,13,16-17H,5-9H2,1-4H3/t11-,13-,15+/m1/s1. The second-order valence-corrected chi connectivity index (χ2v) is 6.87. The summed E-state index contributed by atoms with van der Waals surface area (Å²) in [7, 11) is 0. The molecule has 2 heteroatoms. The first-order valence-electron chi connectivity index (χ1n) is 6.84. The second-order valence-electron chi connectivity index (χ2n) is 6.87. The quantitative estimate of drug-likeness (QED) is 0.689. The van der Waals surface area contributed by atoms with Crippen LogP contribution < -0.4 is 0 Å². The first-order chi connectivity index (χ1) is 7.74. The third-order valence-corrected chi connectivity index (χ3v) is 5.17. The molecule has 0 radical (unpaired) electrons. The molecule has 17 heavy (non-hydrogen) atoms. The molecule has 0 saturated heterocycles. The molecule has 0 bridgehead atoms. The first-order valence-corrected chi connectivity index (χ1v) is 6.84. The Hall–Kier alpha value is -0.340. The summed E-state index contributed by atoms with van der Waals surface area (Å²) in [6.45, 7) is 8.23. The van der Waals surface area contributed by atoms with Gasteiger partial charge in [-0.15, -0.1) is 0 Å². The Labute approximate surface area is 105 Å². The SMILES string of the molecule is CC1=C2C[C@H](C(C)(C)O)CC[C@@]2(C)CC[C@H]1O. The van der Waals surface area contributed by atoms with Gasteiger partial charge in [0.1, 0.15) is 0 Å². The van der Waals surface area contributed by atoms with Crippen molar-refractivity contribution in [1.82, 2.24) is 0 Å². The van der Waals surface area contributed by atoms with Crippen molar-refractivity contribution < 1.29 is 10.2 Å². The molecule has 2 nitrogen and oxygen atoms in total. The minimum Gasteiger partial charge on any atom is -0.390 e. The van der Waals surface area contributed by atoms with Crippen molar-refractivity contribution in [3.8, 4) is 0 Å². The third-order valence-electron chi connectivity index (χ3n) is 5.17. The number of aliphatic hydroxyl groups excluding tert-OH is 1. The summed E-state index contributed by atoms with van der Waals surface area (Å²) in [5, 5.41) is 20.2. The Morgan fingerprint density at radius 3 is 2.41 bits per heavy atom. The van der Waals surface area contributed by atoms with E-state index in [9.17, 15) is 10.2 Å². The minimum atomic E-state index is -0.600. The van der Waals surface area contributed by atoms with Crippen molar-refractivity contribution in [1.29, 1.82) is 0 Å². The highest BCUT2D eigenvalue weighted by Crippen LogP contribution is 2.52. The van der Waals surface area contributed by atoms with Gasteiger partial charge in [-0.2, -0.15) is 0 Å². The average Bonchev–Trinajstić information content (AvgIpc) is 2.22. The van der Waals surface area contributed by atoms with Crippen LogP contribution in [0.15, 0.2) is 11.1 Å². The maximum Gasteiger partial charge on any atom is 0.0750 e. The lowest BCUT2D eigenvalue weighted by atomic mass is 9.59. The Morgan fingerprint density at radius 2 is 1.82 bits per heavy atom. The third kappa shape index (κ3) is 2.30. The fraction of sp³-hybridized carbons (Fsp3) is 0.867. The lowest BCUT2D eigenvalue weighted by Crippen LogP contribution is -2.41. The van der Waals surface area contributed by atoms with E-state index >= 15 is 0 Å². The summed E-state index contributed by atoms with van der Waals surface area (Å²) in [4.78, 5) is 0. The smallest absolute Gasteiger partial charge is 0.0750 e. The van der Waals surface area contributed by atoms with Crippen LogP contribution in [-0.4, -0.2) is 21.9 Å². The number of aliphatic hydroxyl groups is 2. The molecular weight excluding hydrogens is 212 g/mol. The molecule has 0 heterocycles. The van der Waals surface area contributed by atoms with E-state index in [1.54, 1.807) is 0 Å². The predicted molar refractivity (Wildman–Crippen MR) is 69.7 cm³/mol. The van der Waals surface area contributed by atoms with Gasteiger partial charge >= 0.3 is 0 Å². The molecular formula is C15H26O2. The van der Waals surface area contributed by atoms with Crippen molar-refractivity contribution in [3.05, 3.63) is 11.1 Å². The number of fused-ring (bicyclic) bond motifs is 1. The van der Waals surface area contributed by atoms with Gasteiger partial charge in [-0.3, -0.25) is 0 Å². The zero-order valence-electron chi connectivity index (χ0n) is 11.6. The monoisotopic (exact) mass is 238 g/mol. The molecule has 0 aromatic carbocycles. The number of hydrogen-bond acceptors (Lipinski definition) is 2. The Morgan fingerprint density at radius 1 is 1.24 bits per heavy atom. The van der Waals surface area contributed by atoms with E-state index < -0.39 is 5.60 Å². The topological polar surface area (TPSA) is 40.5 Å². The molecule has 0 aromatic rings. The van der Waals surface area contributed by atoms with Crippen molar-refractivity contribution in [2.45, 2.75) is 71.5 Å². The van der Waals surface area contributed by atoms with Gasteiger partial charge in [0.2, 0.25) is 0 Å². The minimum absolute atomic E-state index is 0.251. The molecule has 98 valence electrons. The molecule has 0 aliphatic heterocycles. The Balaban J connectivity index is 2.29. The lowest BCUT2D eigenvalue weighted by Gasteiger charge is -2.47. The summed E-state index contributed by atoms with van der Waals surface area (Å²) in [6.07, 6.45) is 4.97. The molecule has 2 rings (SSSR count). The molecule has 0 spiro atoms. The van der Waals surface area contributed by atoms with E-state index in [0.717, 1.165) is 32.1 Å². The van der Waals surface area contributed by atoms with Crippen LogP contribution in [-0.2, 0) is 0 Å². The summed E-state index contributed by atoms with van der Waals surface area (Å²) in [5.74, 6) is 0.339. The maximum absolute atomic E-state index is 10.2. The average molecular weight is 238 g/mol. The number of rotatable bonds is 1. The summed E-state index contributed by atoms with van der Waals surface area (Å²) >= 11 is 0. The van der Waals surface area contributed by atoms with E-state index in [1.807, 2.05) is 13.8 Å². The maximum atomic E-state index is 10.2. The van der Waals surface area contributed by atoms with Gasteiger partial charge in [0.05, 0.1) is 11.7 Å². The summed E-state index contributed by atoms with van der Waals surface area (Å²) in [5.41, 5.74) is 2.28. The van der Waals surface area contributed by atoms with E-state index in [0.29, 0.717) is 5.92 Å². The highest BCUT2D eigenvalue weighted by molar-refractivity contribution is 5.29. The summed E-state index contributed by atoms with van der Waals surface area (Å²) < 4.78 is 0. The second kappa shape index (κ2) is 4.10. The molecule has 0 aromatic heterocycles. The van der Waals surface area contributed by atoms with Crippen LogP contribution in [0, 0.1) is 11.3 Å². The van der Waals surface area contributed by atoms with Crippen LogP contribution >= 0.6 is 0 Å². The van der Waals surface area contributed by atoms with Crippen molar-refractivity contribution in [2.75, 3.05) is 0 Å². The van der Waals surface area contributed by atoms with Crippen molar-refractivity contribution in [2.24, 2.45) is 11.3 Å². The van der Waals surface area contributed by atoms with Gasteiger partial charge in [-0.05, 0) is 69.8 Å². The van der Waals surface area contributed by atoms with Crippen LogP contribution in [0.4, 0.5) is 0 Å². The van der Waals surface area contributed by atoms with E-state index in [1.165, 1.54) is 11.1 Å². The van der Waals surface area contributed by atoms with Crippen molar-refractivity contribution in [3.63, 3.8) is 0 Å². The summed E-state index contributed by atoms with van der Waals surface area (Å²) in [6, 6.07) is 0. The molecule has 0 amide bonds. The molecule has 1 saturated carbocycles. The zero-order chi connectivity index (χ0) is 12.8. The Kier molecular flexibility index (Phi) is 3.16. The van der Waals surface area contributed by atoms with Gasteiger partial charge < -0.3 is 10.2 Å². The van der Waals surface area contributed by atoms with E-state index in [4.69, 9.17) is 0 Å². The van der Waals surface area contributed by atoms with Gasteiger partial charge in [0.15, 0.2) is 0 Å². The van der Waals surface area contributed by atoms with E-state index in [2.05, 4.69) is 13.8 Å². The predicted octanol–water partition coefficient (Wildman–Crippen LogP) is 3.03. The van der Waals surface area contributed by atoms with Gasteiger partial charge in [0, 0.05) is 0 Å². The van der Waals surface area contributed by atoms with Crippen LogP contribution in [0.5, 0.6) is 0 Å². The van der Waals surface area contributed by atoms with Crippen molar-refractivity contribution >= 4 is 0 Å². The molecule has 0 unspecified atom stereocenters. The van der Waals surface area contributed by atoms with E-state index in [-0.39, 0.29) is 11.5 Å². The van der Waals surface area contributed by atoms with Crippen LogP contribution in [0.25, 0.3) is 0 Å². The molecule has 3 atom stereocenters. The number of hydrogen-bond donors (Lipinski definition) is 2. The van der Waals surface area contributed by atoms with Crippen LogP contribution in [0.1, 0.15) is 59.8 Å². The normalized spacial score (nSPS) is 39.2. The van der Waals surface area contributed by atoms with Gasteiger partial charge in [0.25, 0.3) is 0 Å². The molecule has 1 fully saturated rings. The first kappa shape index (κ1) is 13.1. The Bertz CT molecular complexity index is 337. The van der Waals surface area contributed by atoms with Crippen LogP contribution in [0.3, 0.4) is 0 Å². The van der Waals surface area contributed by atoms with Gasteiger partial charge in [-0.25, -0.2) is 0 Å². The fourth-order valence-electron chi connectivity index (χ4n) is 3.63. The fourth-order valence-corrected chi connectivity index (χ4v) is 3.63. The molecule has 2 aliphatic carbocycles. The molecule has 2 N–H and O–H groups in total. The largest absolute Gasteiger partial charge is 0.390 e.